The molecule has 1 amide bonds. The second-order valence-corrected chi connectivity index (χ2v) is 12.9. The van der Waals surface area contributed by atoms with E-state index in [0.717, 1.165) is 5.56 Å². The molecule has 0 atom stereocenters. The molecule has 0 aliphatic heterocycles. The first-order chi connectivity index (χ1) is 17.2. The number of nitrogens with zero attached hydrogens (tertiary/aromatic N) is 3. The average Bonchev–Trinajstić information content (AvgIpc) is 2.85. The van der Waals surface area contributed by atoms with Gasteiger partial charge in [0.25, 0.3) is 5.91 Å². The number of nitrogens with one attached hydrogen (secondary N) is 1. The summed E-state index contributed by atoms with van der Waals surface area (Å²) in [6, 6.07) is 12.7. The summed E-state index contributed by atoms with van der Waals surface area (Å²) in [6.45, 7) is 11.3. The summed E-state index contributed by atoms with van der Waals surface area (Å²) in [7, 11) is -3.56. The van der Waals surface area contributed by atoms with Gasteiger partial charge in [0, 0.05) is 41.0 Å². The highest BCUT2D eigenvalue weighted by Crippen LogP contribution is 2.20. The molecule has 0 fully saturated rings. The second-order valence-electron chi connectivity index (χ2n) is 10.8. The molecule has 200 valence electrons. The van der Waals surface area contributed by atoms with Crippen molar-refractivity contribution in [2.75, 3.05) is 32.1 Å². The smallest absolute Gasteiger partial charge is 0.251 e. The summed E-state index contributed by atoms with van der Waals surface area (Å²) in [5.74, 6) is -0.862. The van der Waals surface area contributed by atoms with Gasteiger partial charge in [-0.25, -0.2) is 8.42 Å². The lowest BCUT2D eigenvalue weighted by Gasteiger charge is -2.28. The van der Waals surface area contributed by atoms with Crippen LogP contribution in [0.5, 0.6) is 0 Å². The van der Waals surface area contributed by atoms with Crippen LogP contribution < -0.4 is 5.32 Å². The Labute approximate surface area is 219 Å². The zero-order chi connectivity index (χ0) is 27.7. The van der Waals surface area contributed by atoms with Crippen LogP contribution in [0.1, 0.15) is 60.4 Å². The Kier molecular flexibility index (Phi) is 10.4. The maximum atomic E-state index is 12.6. The van der Waals surface area contributed by atoms with Crippen LogP contribution in [-0.4, -0.2) is 52.2 Å². The van der Waals surface area contributed by atoms with Crippen molar-refractivity contribution in [3.8, 4) is 0 Å². The molecule has 0 aromatic heterocycles. The van der Waals surface area contributed by atoms with Gasteiger partial charge < -0.3 is 10.1 Å². The number of azide groups is 1. The van der Waals surface area contributed by atoms with Crippen LogP contribution in [0, 0.1) is 17.8 Å². The largest absolute Gasteiger partial charge is 0.380 e. The van der Waals surface area contributed by atoms with Crippen molar-refractivity contribution in [2.45, 2.75) is 45.9 Å². The Balaban J connectivity index is 1.85. The van der Waals surface area contributed by atoms with Crippen LogP contribution >= 0.6 is 0 Å². The van der Waals surface area contributed by atoms with Crippen molar-refractivity contribution in [1.82, 2.24) is 5.32 Å². The molecule has 0 aliphatic carbocycles. The Hall–Kier alpha value is -3.20. The molecule has 0 aliphatic rings. The van der Waals surface area contributed by atoms with Gasteiger partial charge in [0.1, 0.15) is 0 Å². The topological polar surface area (TPSA) is 138 Å². The van der Waals surface area contributed by atoms with Gasteiger partial charge in [-0.15, -0.1) is 0 Å². The van der Waals surface area contributed by atoms with Crippen LogP contribution in [0.2, 0.25) is 0 Å². The minimum absolute atomic E-state index is 0.143. The van der Waals surface area contributed by atoms with Gasteiger partial charge in [-0.3, -0.25) is 9.59 Å². The van der Waals surface area contributed by atoms with E-state index in [2.05, 4.69) is 15.3 Å². The number of hydrogen-bond donors (Lipinski definition) is 1. The van der Waals surface area contributed by atoms with E-state index in [9.17, 15) is 18.0 Å². The van der Waals surface area contributed by atoms with Crippen LogP contribution in [0.4, 0.5) is 0 Å². The fourth-order valence-electron chi connectivity index (χ4n) is 3.39. The summed E-state index contributed by atoms with van der Waals surface area (Å²) < 4.78 is 30.8. The first-order valence-electron chi connectivity index (χ1n) is 12.0. The highest BCUT2D eigenvalue weighted by atomic mass is 32.2. The molecular formula is C27H36N4O5S. The number of carbonyl (C=O) groups is 2. The monoisotopic (exact) mass is 528 g/mol. The molecule has 0 spiro atoms. The number of hydrogen-bond acceptors (Lipinski definition) is 6. The quantitative estimate of drug-likeness (QED) is 0.156. The molecule has 0 heterocycles. The Morgan fingerprint density at radius 2 is 1.51 bits per heavy atom. The number of ether oxygens (including phenoxy) is 1. The Bertz CT molecular complexity index is 1230. The second kappa shape index (κ2) is 12.9. The lowest BCUT2D eigenvalue weighted by molar-refractivity contribution is 0.0183. The van der Waals surface area contributed by atoms with E-state index in [0.29, 0.717) is 37.4 Å². The van der Waals surface area contributed by atoms with Crippen molar-refractivity contribution < 1.29 is 22.7 Å². The van der Waals surface area contributed by atoms with Gasteiger partial charge in [-0.2, -0.15) is 0 Å². The van der Waals surface area contributed by atoms with Gasteiger partial charge in [0.15, 0.2) is 15.6 Å². The Morgan fingerprint density at radius 3 is 2.11 bits per heavy atom. The van der Waals surface area contributed by atoms with E-state index in [1.54, 1.807) is 36.4 Å². The Morgan fingerprint density at radius 1 is 0.946 bits per heavy atom. The average molecular weight is 529 g/mol. The fraction of sp³-hybridized carbons (Fsp3) is 0.481. The third-order valence-corrected chi connectivity index (χ3v) is 7.45. The fourth-order valence-corrected chi connectivity index (χ4v) is 4.63. The molecule has 0 saturated heterocycles. The molecule has 0 bridgehead atoms. The van der Waals surface area contributed by atoms with Crippen LogP contribution in [0.25, 0.3) is 10.4 Å². The summed E-state index contributed by atoms with van der Waals surface area (Å²) >= 11 is 0. The molecule has 10 heteroatoms. The number of aryl methyl sites for hydroxylation is 1. The van der Waals surface area contributed by atoms with Crippen molar-refractivity contribution in [3.63, 3.8) is 0 Å². The molecule has 1 N–H and O–H groups in total. The number of amides is 1. The van der Waals surface area contributed by atoms with Crippen molar-refractivity contribution in [3.05, 3.63) is 75.7 Å². The molecular weight excluding hydrogens is 492 g/mol. The van der Waals surface area contributed by atoms with Gasteiger partial charge in [0.2, 0.25) is 0 Å². The van der Waals surface area contributed by atoms with Crippen molar-refractivity contribution >= 4 is 21.5 Å². The normalized spacial score (nSPS) is 12.0. The number of carbonyl (C=O) groups excluding carboxylic acids is 2. The van der Waals surface area contributed by atoms with Gasteiger partial charge in [-0.1, -0.05) is 62.6 Å². The standard InChI is InChI=1S/C27H36N4O5S/c1-20-6-12-23(13-7-20)37(34,35)15-14-24(32)21-8-10-22(11-9-21)25(33)29-16-26(2,3)18-36-19-27(4,5)17-30-31-28/h6-13H,14-19H2,1-5H3,(H,29,33). The van der Waals surface area contributed by atoms with Crippen LogP contribution in [0.3, 0.4) is 0 Å². The summed E-state index contributed by atoms with van der Waals surface area (Å²) in [6.07, 6.45) is -0.143. The number of ketones is 1. The highest BCUT2D eigenvalue weighted by molar-refractivity contribution is 7.91. The lowest BCUT2D eigenvalue weighted by atomic mass is 9.93. The summed E-state index contributed by atoms with van der Waals surface area (Å²) in [4.78, 5) is 28.1. The van der Waals surface area contributed by atoms with E-state index < -0.39 is 9.84 Å². The molecule has 37 heavy (non-hydrogen) atoms. The minimum Gasteiger partial charge on any atom is -0.380 e. The third kappa shape index (κ3) is 9.99. The number of Topliss-reactive ketones (excluding diaryl/α,β-unsaturated/α-hetero) is 1. The zero-order valence-electron chi connectivity index (χ0n) is 22.2. The summed E-state index contributed by atoms with van der Waals surface area (Å²) in [5.41, 5.74) is 9.58. The van der Waals surface area contributed by atoms with E-state index in [-0.39, 0.29) is 39.6 Å². The molecule has 2 aromatic rings. The van der Waals surface area contributed by atoms with Gasteiger partial charge in [0.05, 0.1) is 23.9 Å². The zero-order valence-corrected chi connectivity index (χ0v) is 23.0. The number of rotatable bonds is 14. The maximum absolute atomic E-state index is 12.6. The van der Waals surface area contributed by atoms with E-state index >= 15 is 0 Å². The van der Waals surface area contributed by atoms with E-state index in [4.69, 9.17) is 10.3 Å². The molecule has 0 saturated carbocycles. The lowest BCUT2D eigenvalue weighted by Crippen LogP contribution is -2.37. The van der Waals surface area contributed by atoms with E-state index in [1.807, 2.05) is 34.6 Å². The molecule has 0 unspecified atom stereocenters. The van der Waals surface area contributed by atoms with Crippen LogP contribution in [0.15, 0.2) is 58.5 Å². The predicted octanol–water partition coefficient (Wildman–Crippen LogP) is 5.15. The number of sulfone groups is 1. The van der Waals surface area contributed by atoms with Gasteiger partial charge in [-0.05, 0) is 42.1 Å². The third-order valence-electron chi connectivity index (χ3n) is 5.72. The number of benzene rings is 2. The minimum atomic E-state index is -3.56. The first-order valence-corrected chi connectivity index (χ1v) is 13.7. The molecule has 2 rings (SSSR count). The highest BCUT2D eigenvalue weighted by Gasteiger charge is 2.23. The van der Waals surface area contributed by atoms with Crippen molar-refractivity contribution in [1.29, 1.82) is 0 Å². The predicted molar refractivity (Wildman–Crippen MR) is 143 cm³/mol. The van der Waals surface area contributed by atoms with Gasteiger partial charge >= 0.3 is 0 Å². The van der Waals surface area contributed by atoms with Crippen molar-refractivity contribution in [2.24, 2.45) is 15.9 Å². The maximum Gasteiger partial charge on any atom is 0.251 e. The van der Waals surface area contributed by atoms with Crippen LogP contribution in [-0.2, 0) is 14.6 Å². The molecule has 9 nitrogen and oxygen atoms in total. The SMILES string of the molecule is Cc1ccc(S(=O)(=O)CCC(=O)c2ccc(C(=O)NCC(C)(C)COCC(C)(C)CN=[N+]=[N-])cc2)cc1. The molecule has 2 aromatic carbocycles. The first kappa shape index (κ1) is 30.0. The molecule has 0 radical (unpaired) electrons. The van der Waals surface area contributed by atoms with E-state index in [1.165, 1.54) is 12.1 Å². The summed E-state index contributed by atoms with van der Waals surface area (Å²) in [5, 5.41) is 6.49.